The van der Waals surface area contributed by atoms with Crippen molar-refractivity contribution in [2.75, 3.05) is 5.32 Å². The molecular weight excluding hydrogens is 502 g/mol. The van der Waals surface area contributed by atoms with Gasteiger partial charge in [-0.05, 0) is 49.6 Å². The Morgan fingerprint density at radius 3 is 2.45 bits per heavy atom. The number of nitrogens with one attached hydrogen (secondary N) is 2. The monoisotopic (exact) mass is 533 g/mol. The molecule has 2 aromatic carbocycles. The lowest BCUT2D eigenvalue weighted by Crippen LogP contribution is -2.56. The molecule has 7 nitrogen and oxygen atoms in total. The van der Waals surface area contributed by atoms with E-state index in [2.05, 4.69) is 10.6 Å². The number of benzene rings is 2. The Bertz CT molecular complexity index is 1260. The van der Waals surface area contributed by atoms with Gasteiger partial charge >= 0.3 is 0 Å². The van der Waals surface area contributed by atoms with Crippen LogP contribution in [0.5, 0.6) is 0 Å². The van der Waals surface area contributed by atoms with Crippen LogP contribution in [0.15, 0.2) is 66.7 Å². The predicted molar refractivity (Wildman–Crippen MR) is 144 cm³/mol. The molecule has 3 aliphatic heterocycles. The van der Waals surface area contributed by atoms with Crippen molar-refractivity contribution in [1.82, 2.24) is 10.2 Å². The van der Waals surface area contributed by atoms with E-state index in [1.54, 1.807) is 29.2 Å². The molecule has 3 amide bonds. The minimum atomic E-state index is -1.19. The number of rotatable bonds is 6. The van der Waals surface area contributed by atoms with Gasteiger partial charge in [-0.1, -0.05) is 73.3 Å². The van der Waals surface area contributed by atoms with E-state index in [1.807, 2.05) is 49.4 Å². The zero-order valence-electron chi connectivity index (χ0n) is 21.3. The van der Waals surface area contributed by atoms with Crippen LogP contribution in [0.3, 0.4) is 0 Å². The third-order valence-electron chi connectivity index (χ3n) is 8.63. The number of anilines is 1. The second-order valence-corrected chi connectivity index (χ2v) is 11.3. The summed E-state index contributed by atoms with van der Waals surface area (Å²) in [5.74, 6) is -2.28. The molecule has 2 saturated heterocycles. The fourth-order valence-corrected chi connectivity index (χ4v) is 6.93. The Morgan fingerprint density at radius 2 is 1.74 bits per heavy atom. The van der Waals surface area contributed by atoms with Crippen LogP contribution >= 0.6 is 11.6 Å². The molecule has 38 heavy (non-hydrogen) atoms. The first-order valence-corrected chi connectivity index (χ1v) is 13.9. The lowest BCUT2D eigenvalue weighted by atomic mass is 9.74. The third kappa shape index (κ3) is 4.12. The molecule has 3 fully saturated rings. The van der Waals surface area contributed by atoms with Crippen molar-refractivity contribution in [3.8, 4) is 0 Å². The zero-order chi connectivity index (χ0) is 26.4. The smallest absolute Gasteiger partial charge is 0.246 e. The average Bonchev–Trinajstić information content (AvgIpc) is 3.58. The lowest BCUT2D eigenvalue weighted by molar-refractivity contribution is -0.143. The maximum Gasteiger partial charge on any atom is 0.246 e. The number of carbonyl (C=O) groups is 3. The van der Waals surface area contributed by atoms with Gasteiger partial charge in [-0.3, -0.25) is 14.4 Å². The fraction of sp³-hybridized carbons (Fsp3) is 0.433. The number of carbonyl (C=O) groups excluding carboxylic acids is 3. The highest BCUT2D eigenvalue weighted by molar-refractivity contribution is 6.30. The summed E-state index contributed by atoms with van der Waals surface area (Å²) in [6.07, 6.45) is 8.33. The van der Waals surface area contributed by atoms with Crippen molar-refractivity contribution in [2.24, 2.45) is 11.8 Å². The van der Waals surface area contributed by atoms with E-state index in [9.17, 15) is 14.4 Å². The molecule has 0 radical (unpaired) electrons. The second-order valence-electron chi connectivity index (χ2n) is 10.9. The number of amides is 3. The van der Waals surface area contributed by atoms with Gasteiger partial charge < -0.3 is 20.3 Å². The number of fused-ring (bicyclic) bond motifs is 1. The zero-order valence-corrected chi connectivity index (χ0v) is 22.1. The van der Waals surface area contributed by atoms with Crippen LogP contribution in [-0.4, -0.2) is 46.4 Å². The molecule has 2 bridgehead atoms. The highest BCUT2D eigenvalue weighted by Gasteiger charge is 2.73. The van der Waals surface area contributed by atoms with Crippen molar-refractivity contribution in [3.63, 3.8) is 0 Å². The second kappa shape index (κ2) is 9.86. The molecule has 0 unspecified atom stereocenters. The minimum absolute atomic E-state index is 0.0854. The SMILES string of the molecule is C[C@H](c1ccccc1)N1C(=O)[C@H]2[C@@H](C(=O)Nc3ccc(Cl)cc3)[C@H]3C=C[C@@]2(O3)[C@@H]1C(=O)NC1CCCCC1. The van der Waals surface area contributed by atoms with E-state index in [0.29, 0.717) is 10.7 Å². The summed E-state index contributed by atoms with van der Waals surface area (Å²) in [7, 11) is 0. The quantitative estimate of drug-likeness (QED) is 0.530. The Kier molecular flexibility index (Phi) is 6.52. The van der Waals surface area contributed by atoms with E-state index in [-0.39, 0.29) is 29.8 Å². The van der Waals surface area contributed by atoms with E-state index in [4.69, 9.17) is 16.3 Å². The molecule has 1 spiro atoms. The first-order chi connectivity index (χ1) is 18.4. The van der Waals surface area contributed by atoms with Crippen molar-refractivity contribution in [1.29, 1.82) is 0 Å². The molecule has 4 aliphatic rings. The van der Waals surface area contributed by atoms with Gasteiger partial charge in [0.2, 0.25) is 17.7 Å². The molecule has 2 N–H and O–H groups in total. The lowest BCUT2D eigenvalue weighted by Gasteiger charge is -2.37. The van der Waals surface area contributed by atoms with Crippen molar-refractivity contribution in [2.45, 2.75) is 68.9 Å². The Labute approximate surface area is 227 Å². The van der Waals surface area contributed by atoms with Crippen LogP contribution in [0.1, 0.15) is 50.6 Å². The number of halogens is 1. The number of nitrogens with zero attached hydrogens (tertiary/aromatic N) is 1. The van der Waals surface area contributed by atoms with Crippen LogP contribution in [-0.2, 0) is 19.1 Å². The molecule has 1 saturated carbocycles. The Balaban J connectivity index is 1.35. The molecule has 1 aliphatic carbocycles. The standard InChI is InChI=1S/C30H32ClN3O4/c1-18(19-8-4-2-5-9-19)34-26(28(36)33-21-10-6-3-7-11-21)30-17-16-23(38-30)24(25(30)29(34)37)27(35)32-22-14-12-20(31)13-15-22/h2,4-5,8-9,12-18,21,23-26H,3,6-7,10-11H2,1H3,(H,32,35)(H,33,36)/t18-,23-,24+,25-,26+,30+/m1/s1. The first-order valence-electron chi connectivity index (χ1n) is 13.5. The topological polar surface area (TPSA) is 87.7 Å². The summed E-state index contributed by atoms with van der Waals surface area (Å²) in [6, 6.07) is 15.4. The Hall–Kier alpha value is -3.16. The van der Waals surface area contributed by atoms with E-state index in [1.165, 1.54) is 6.42 Å². The molecule has 6 atom stereocenters. The minimum Gasteiger partial charge on any atom is -0.359 e. The maximum atomic E-state index is 14.2. The summed E-state index contributed by atoms with van der Waals surface area (Å²) in [5, 5.41) is 6.73. The number of hydrogen-bond acceptors (Lipinski definition) is 4. The van der Waals surface area contributed by atoms with E-state index in [0.717, 1.165) is 31.2 Å². The molecule has 0 aromatic heterocycles. The van der Waals surface area contributed by atoms with Crippen molar-refractivity contribution in [3.05, 3.63) is 77.3 Å². The van der Waals surface area contributed by atoms with Gasteiger partial charge in [0.05, 0.1) is 24.0 Å². The summed E-state index contributed by atoms with van der Waals surface area (Å²) in [6.45, 7) is 1.94. The molecule has 8 heteroatoms. The van der Waals surface area contributed by atoms with E-state index >= 15 is 0 Å². The largest absolute Gasteiger partial charge is 0.359 e. The predicted octanol–water partition coefficient (Wildman–Crippen LogP) is 4.64. The Morgan fingerprint density at radius 1 is 1.03 bits per heavy atom. The summed E-state index contributed by atoms with van der Waals surface area (Å²) in [4.78, 5) is 43.5. The van der Waals surface area contributed by atoms with Gasteiger partial charge in [0.15, 0.2) is 0 Å². The van der Waals surface area contributed by atoms with Gasteiger partial charge in [-0.2, -0.15) is 0 Å². The van der Waals surface area contributed by atoms with Crippen molar-refractivity contribution < 1.29 is 19.1 Å². The van der Waals surface area contributed by atoms with Crippen LogP contribution in [0, 0.1) is 11.8 Å². The highest BCUT2D eigenvalue weighted by atomic mass is 35.5. The molecule has 6 rings (SSSR count). The highest BCUT2D eigenvalue weighted by Crippen LogP contribution is 2.56. The van der Waals surface area contributed by atoms with Gasteiger partial charge in [0.1, 0.15) is 11.6 Å². The van der Waals surface area contributed by atoms with Crippen molar-refractivity contribution >= 4 is 35.0 Å². The van der Waals surface area contributed by atoms with Gasteiger partial charge in [0.25, 0.3) is 0 Å². The maximum absolute atomic E-state index is 14.2. The van der Waals surface area contributed by atoms with Gasteiger partial charge in [-0.25, -0.2) is 0 Å². The normalized spacial score (nSPS) is 30.8. The van der Waals surface area contributed by atoms with Crippen LogP contribution < -0.4 is 10.6 Å². The van der Waals surface area contributed by atoms with Crippen LogP contribution in [0.2, 0.25) is 5.02 Å². The van der Waals surface area contributed by atoms with Gasteiger partial charge in [-0.15, -0.1) is 0 Å². The average molecular weight is 534 g/mol. The van der Waals surface area contributed by atoms with Gasteiger partial charge in [0, 0.05) is 16.8 Å². The molecule has 198 valence electrons. The van der Waals surface area contributed by atoms with Crippen LogP contribution in [0.25, 0.3) is 0 Å². The number of likely N-dealkylation sites (tertiary alicyclic amines) is 1. The first kappa shape index (κ1) is 25.1. The number of hydrogen-bond donors (Lipinski definition) is 2. The fourth-order valence-electron chi connectivity index (χ4n) is 6.80. The molecular formula is C30H32ClN3O4. The summed E-state index contributed by atoms with van der Waals surface area (Å²) >= 11 is 6.00. The summed E-state index contributed by atoms with van der Waals surface area (Å²) < 4.78 is 6.47. The molecule has 2 aromatic rings. The van der Waals surface area contributed by atoms with Crippen LogP contribution in [0.4, 0.5) is 5.69 Å². The third-order valence-corrected chi connectivity index (χ3v) is 8.88. The molecule has 3 heterocycles. The van der Waals surface area contributed by atoms with E-state index < -0.39 is 29.6 Å². The summed E-state index contributed by atoms with van der Waals surface area (Å²) in [5.41, 5.74) is 0.325. The number of ether oxygens (including phenoxy) is 1.